The van der Waals surface area contributed by atoms with Crippen molar-refractivity contribution in [1.29, 1.82) is 0 Å². The summed E-state index contributed by atoms with van der Waals surface area (Å²) in [7, 11) is 0. The van der Waals surface area contributed by atoms with Gasteiger partial charge in [0.2, 0.25) is 0 Å². The second-order valence-corrected chi connectivity index (χ2v) is 4.56. The van der Waals surface area contributed by atoms with Gasteiger partial charge in [-0.25, -0.2) is 0 Å². The molecule has 0 atom stereocenters. The minimum Gasteiger partial charge on any atom is -0.103 e. The molecule has 0 radical (unpaired) electrons. The number of unbranched alkanes of at least 4 members (excludes halogenated alkanes) is 1. The summed E-state index contributed by atoms with van der Waals surface area (Å²) >= 11 is 0. The highest BCUT2D eigenvalue weighted by Gasteiger charge is 2.12. The van der Waals surface area contributed by atoms with E-state index in [-0.39, 0.29) is 0 Å². The minimum absolute atomic E-state index is 1.12. The van der Waals surface area contributed by atoms with Crippen molar-refractivity contribution in [3.8, 4) is 0 Å². The average Bonchev–Trinajstić information content (AvgIpc) is 2.30. The third-order valence-electron chi connectivity index (χ3n) is 3.35. The highest BCUT2D eigenvalue weighted by molar-refractivity contribution is 5.71. The number of rotatable bonds is 4. The van der Waals surface area contributed by atoms with Crippen molar-refractivity contribution in [3.05, 3.63) is 53.6 Å². The van der Waals surface area contributed by atoms with Gasteiger partial charge < -0.3 is 0 Å². The molecule has 0 aromatic heterocycles. The zero-order chi connectivity index (χ0) is 11.4. The normalized spacial score (nSPS) is 14.2. The number of benzene rings is 1. The number of aryl methyl sites for hydroxylation is 2. The fraction of sp³-hybridized carbons (Fsp3) is 0.375. The quantitative estimate of drug-likeness (QED) is 0.507. The van der Waals surface area contributed by atoms with Gasteiger partial charge in [-0.15, -0.1) is 6.58 Å². The van der Waals surface area contributed by atoms with Gasteiger partial charge in [-0.1, -0.05) is 30.4 Å². The Morgan fingerprint density at radius 3 is 3.06 bits per heavy atom. The molecule has 1 aliphatic carbocycles. The summed E-state index contributed by atoms with van der Waals surface area (Å²) in [6.45, 7) is 6.03. The average molecular weight is 212 g/mol. The Bertz CT molecular complexity index is 410. The van der Waals surface area contributed by atoms with Crippen LogP contribution in [0.15, 0.2) is 36.9 Å². The summed E-state index contributed by atoms with van der Waals surface area (Å²) < 4.78 is 0. The first-order valence-corrected chi connectivity index (χ1v) is 6.21. The van der Waals surface area contributed by atoms with Crippen molar-refractivity contribution in [2.45, 2.75) is 39.0 Å². The van der Waals surface area contributed by atoms with Crippen molar-refractivity contribution < 1.29 is 0 Å². The lowest BCUT2D eigenvalue weighted by atomic mass is 9.86. The Hall–Kier alpha value is -1.30. The standard InChI is InChI=1S/C16H20/c1-3-4-5-9-14-11-7-12-15-10-6-8-13(2)16(14)15/h3,7-8,11-12H,1,4-6,9-10H2,2H3. The molecule has 0 saturated heterocycles. The van der Waals surface area contributed by atoms with E-state index in [0.717, 1.165) is 6.42 Å². The van der Waals surface area contributed by atoms with E-state index in [1.165, 1.54) is 47.9 Å². The van der Waals surface area contributed by atoms with E-state index in [1.807, 2.05) is 6.08 Å². The predicted octanol–water partition coefficient (Wildman–Crippen LogP) is 4.54. The molecule has 0 nitrogen and oxygen atoms in total. The summed E-state index contributed by atoms with van der Waals surface area (Å²) in [6, 6.07) is 6.77. The van der Waals surface area contributed by atoms with Gasteiger partial charge in [-0.05, 0) is 61.3 Å². The Morgan fingerprint density at radius 1 is 1.38 bits per heavy atom. The second-order valence-electron chi connectivity index (χ2n) is 4.56. The van der Waals surface area contributed by atoms with Crippen LogP contribution in [0.25, 0.3) is 5.57 Å². The van der Waals surface area contributed by atoms with Crippen molar-refractivity contribution in [1.82, 2.24) is 0 Å². The van der Waals surface area contributed by atoms with Crippen molar-refractivity contribution >= 4 is 5.57 Å². The predicted molar refractivity (Wildman–Crippen MR) is 71.5 cm³/mol. The first kappa shape index (κ1) is 11.2. The van der Waals surface area contributed by atoms with E-state index in [4.69, 9.17) is 0 Å². The molecular weight excluding hydrogens is 192 g/mol. The highest BCUT2D eigenvalue weighted by atomic mass is 14.2. The van der Waals surface area contributed by atoms with Gasteiger partial charge in [0.05, 0.1) is 0 Å². The van der Waals surface area contributed by atoms with Crippen LogP contribution in [0.5, 0.6) is 0 Å². The third-order valence-corrected chi connectivity index (χ3v) is 3.35. The van der Waals surface area contributed by atoms with Crippen LogP contribution in [0.4, 0.5) is 0 Å². The lowest BCUT2D eigenvalue weighted by Crippen LogP contribution is -2.02. The zero-order valence-corrected chi connectivity index (χ0v) is 10.1. The van der Waals surface area contributed by atoms with Gasteiger partial charge in [-0.2, -0.15) is 0 Å². The van der Waals surface area contributed by atoms with Gasteiger partial charge >= 0.3 is 0 Å². The van der Waals surface area contributed by atoms with Crippen molar-refractivity contribution in [3.63, 3.8) is 0 Å². The van der Waals surface area contributed by atoms with Crippen LogP contribution in [0.3, 0.4) is 0 Å². The molecule has 1 aromatic rings. The van der Waals surface area contributed by atoms with Crippen LogP contribution in [-0.4, -0.2) is 0 Å². The van der Waals surface area contributed by atoms with Gasteiger partial charge in [0, 0.05) is 0 Å². The van der Waals surface area contributed by atoms with E-state index in [9.17, 15) is 0 Å². The maximum Gasteiger partial charge on any atom is -0.0166 e. The van der Waals surface area contributed by atoms with Crippen LogP contribution in [-0.2, 0) is 12.8 Å². The van der Waals surface area contributed by atoms with Gasteiger partial charge in [0.1, 0.15) is 0 Å². The molecule has 0 amide bonds. The van der Waals surface area contributed by atoms with Crippen LogP contribution < -0.4 is 0 Å². The molecule has 0 bridgehead atoms. The lowest BCUT2D eigenvalue weighted by Gasteiger charge is -2.19. The molecule has 0 aliphatic heterocycles. The van der Waals surface area contributed by atoms with E-state index in [0.29, 0.717) is 0 Å². The summed E-state index contributed by atoms with van der Waals surface area (Å²) in [5.74, 6) is 0. The first-order chi connectivity index (χ1) is 7.83. The highest BCUT2D eigenvalue weighted by Crippen LogP contribution is 2.29. The van der Waals surface area contributed by atoms with E-state index in [2.05, 4.69) is 37.8 Å². The molecule has 84 valence electrons. The molecular formula is C16H20. The Labute approximate surface area is 98.7 Å². The lowest BCUT2D eigenvalue weighted by molar-refractivity contribution is 0.835. The van der Waals surface area contributed by atoms with Gasteiger partial charge in [0.15, 0.2) is 0 Å². The van der Waals surface area contributed by atoms with Crippen molar-refractivity contribution in [2.24, 2.45) is 0 Å². The summed E-state index contributed by atoms with van der Waals surface area (Å²) in [6.07, 6.45) is 10.3. The Balaban J connectivity index is 2.26. The molecule has 0 saturated carbocycles. The largest absolute Gasteiger partial charge is 0.103 e. The maximum atomic E-state index is 3.78. The number of hydrogen-bond donors (Lipinski definition) is 0. The maximum absolute atomic E-state index is 3.78. The molecule has 0 heterocycles. The van der Waals surface area contributed by atoms with Crippen LogP contribution >= 0.6 is 0 Å². The molecule has 16 heavy (non-hydrogen) atoms. The van der Waals surface area contributed by atoms with Crippen LogP contribution in [0, 0.1) is 0 Å². The first-order valence-electron chi connectivity index (χ1n) is 6.21. The van der Waals surface area contributed by atoms with E-state index in [1.54, 1.807) is 0 Å². The van der Waals surface area contributed by atoms with Crippen molar-refractivity contribution in [2.75, 3.05) is 0 Å². The Morgan fingerprint density at radius 2 is 2.25 bits per heavy atom. The second kappa shape index (κ2) is 5.16. The third kappa shape index (κ3) is 2.27. The summed E-state index contributed by atoms with van der Waals surface area (Å²) in [5, 5.41) is 0. The SMILES string of the molecule is C=CCCCc1cccc2c1C(C)=CCC2. The fourth-order valence-corrected chi connectivity index (χ4v) is 2.56. The molecule has 0 spiro atoms. The number of hydrogen-bond acceptors (Lipinski definition) is 0. The number of fused-ring (bicyclic) bond motifs is 1. The van der Waals surface area contributed by atoms with E-state index < -0.39 is 0 Å². The smallest absolute Gasteiger partial charge is 0.0166 e. The zero-order valence-electron chi connectivity index (χ0n) is 10.1. The van der Waals surface area contributed by atoms with Gasteiger partial charge in [-0.3, -0.25) is 0 Å². The summed E-state index contributed by atoms with van der Waals surface area (Å²) in [4.78, 5) is 0. The van der Waals surface area contributed by atoms with Crippen LogP contribution in [0.1, 0.15) is 42.9 Å². The molecule has 0 N–H and O–H groups in total. The van der Waals surface area contributed by atoms with Crippen LogP contribution in [0.2, 0.25) is 0 Å². The topological polar surface area (TPSA) is 0 Å². The van der Waals surface area contributed by atoms with Gasteiger partial charge in [0.25, 0.3) is 0 Å². The molecule has 0 fully saturated rings. The molecule has 2 rings (SSSR count). The molecule has 0 heteroatoms. The Kier molecular flexibility index (Phi) is 3.61. The fourth-order valence-electron chi connectivity index (χ4n) is 2.56. The minimum atomic E-state index is 1.12. The number of allylic oxidation sites excluding steroid dienone is 3. The summed E-state index contributed by atoms with van der Waals surface area (Å²) in [5.41, 5.74) is 6.05. The molecule has 1 aromatic carbocycles. The van der Waals surface area contributed by atoms with E-state index >= 15 is 0 Å². The monoisotopic (exact) mass is 212 g/mol. The molecule has 0 unspecified atom stereocenters. The molecule has 1 aliphatic rings.